The molecule has 3 aromatic rings. The number of benzene rings is 1. The van der Waals surface area contributed by atoms with E-state index in [1.807, 2.05) is 42.5 Å². The molecule has 1 N–H and O–H groups in total. The standard InChI is InChI=1S/C15H12N2O/c18-15(12-6-9-16-10-7-12)13-5-1-3-11-4-2-8-17-14(11)13/h1-10,15,18H. The van der Waals surface area contributed by atoms with Gasteiger partial charge in [-0.05, 0) is 23.8 Å². The molecule has 18 heavy (non-hydrogen) atoms. The summed E-state index contributed by atoms with van der Waals surface area (Å²) in [5.74, 6) is 0. The largest absolute Gasteiger partial charge is 0.384 e. The highest BCUT2D eigenvalue weighted by Gasteiger charge is 2.13. The zero-order chi connectivity index (χ0) is 12.4. The Balaban J connectivity index is 2.15. The lowest BCUT2D eigenvalue weighted by atomic mass is 10.00. The zero-order valence-corrected chi connectivity index (χ0v) is 9.69. The normalized spacial score (nSPS) is 12.5. The van der Waals surface area contributed by atoms with Crippen LogP contribution in [0.1, 0.15) is 17.2 Å². The Hall–Kier alpha value is -2.26. The van der Waals surface area contributed by atoms with Crippen LogP contribution in [-0.2, 0) is 0 Å². The van der Waals surface area contributed by atoms with Gasteiger partial charge in [0.05, 0.1) is 5.52 Å². The molecule has 1 unspecified atom stereocenters. The number of fused-ring (bicyclic) bond motifs is 1. The zero-order valence-electron chi connectivity index (χ0n) is 9.69. The molecule has 3 rings (SSSR count). The minimum atomic E-state index is -0.674. The van der Waals surface area contributed by atoms with Gasteiger partial charge in [-0.3, -0.25) is 9.97 Å². The number of hydrogen-bond acceptors (Lipinski definition) is 3. The second kappa shape index (κ2) is 4.55. The molecule has 3 nitrogen and oxygen atoms in total. The molecule has 1 atom stereocenters. The molecule has 0 aliphatic heterocycles. The summed E-state index contributed by atoms with van der Waals surface area (Å²) in [5.41, 5.74) is 2.48. The van der Waals surface area contributed by atoms with Crippen molar-refractivity contribution in [2.45, 2.75) is 6.10 Å². The maximum atomic E-state index is 10.4. The fraction of sp³-hybridized carbons (Fsp3) is 0.0667. The van der Waals surface area contributed by atoms with Crippen molar-refractivity contribution in [3.8, 4) is 0 Å². The number of pyridine rings is 2. The first-order valence-corrected chi connectivity index (χ1v) is 5.78. The number of aliphatic hydroxyl groups is 1. The van der Waals surface area contributed by atoms with Gasteiger partial charge in [0.2, 0.25) is 0 Å². The van der Waals surface area contributed by atoms with Crippen LogP contribution >= 0.6 is 0 Å². The van der Waals surface area contributed by atoms with Crippen molar-refractivity contribution in [1.82, 2.24) is 9.97 Å². The highest BCUT2D eigenvalue weighted by Crippen LogP contribution is 2.26. The van der Waals surface area contributed by atoms with Crippen molar-refractivity contribution >= 4 is 10.9 Å². The van der Waals surface area contributed by atoms with E-state index in [1.54, 1.807) is 18.6 Å². The van der Waals surface area contributed by atoms with Crippen molar-refractivity contribution in [3.63, 3.8) is 0 Å². The van der Waals surface area contributed by atoms with Gasteiger partial charge in [0.1, 0.15) is 6.10 Å². The summed E-state index contributed by atoms with van der Waals surface area (Å²) in [6, 6.07) is 13.3. The molecular formula is C15H12N2O. The van der Waals surface area contributed by atoms with Gasteiger partial charge in [-0.2, -0.15) is 0 Å². The van der Waals surface area contributed by atoms with Crippen molar-refractivity contribution in [1.29, 1.82) is 0 Å². The summed E-state index contributed by atoms with van der Waals surface area (Å²) in [7, 11) is 0. The van der Waals surface area contributed by atoms with Crippen LogP contribution in [0.3, 0.4) is 0 Å². The number of rotatable bonds is 2. The monoisotopic (exact) mass is 236 g/mol. The fourth-order valence-electron chi connectivity index (χ4n) is 2.07. The van der Waals surface area contributed by atoms with Crippen LogP contribution in [0.4, 0.5) is 0 Å². The van der Waals surface area contributed by atoms with Crippen molar-refractivity contribution < 1.29 is 5.11 Å². The summed E-state index contributed by atoms with van der Waals surface area (Å²) in [6.45, 7) is 0. The third kappa shape index (κ3) is 1.85. The maximum Gasteiger partial charge on any atom is 0.106 e. The highest BCUT2D eigenvalue weighted by atomic mass is 16.3. The van der Waals surface area contributed by atoms with Crippen LogP contribution in [0.2, 0.25) is 0 Å². The topological polar surface area (TPSA) is 46.0 Å². The average molecular weight is 236 g/mol. The Morgan fingerprint density at radius 3 is 2.50 bits per heavy atom. The number of hydrogen-bond donors (Lipinski definition) is 1. The van der Waals surface area contributed by atoms with Crippen LogP contribution in [0, 0.1) is 0 Å². The van der Waals surface area contributed by atoms with Gasteiger partial charge < -0.3 is 5.11 Å². The van der Waals surface area contributed by atoms with Crippen LogP contribution < -0.4 is 0 Å². The summed E-state index contributed by atoms with van der Waals surface area (Å²) in [4.78, 5) is 8.31. The fourth-order valence-corrected chi connectivity index (χ4v) is 2.07. The predicted molar refractivity (Wildman–Crippen MR) is 70.0 cm³/mol. The van der Waals surface area contributed by atoms with E-state index < -0.39 is 6.10 Å². The molecule has 0 aliphatic rings. The molecule has 0 fully saturated rings. The molecule has 0 saturated heterocycles. The molecule has 0 spiro atoms. The molecule has 88 valence electrons. The third-order valence-electron chi connectivity index (χ3n) is 2.98. The van der Waals surface area contributed by atoms with Crippen LogP contribution in [0.15, 0.2) is 61.1 Å². The van der Waals surface area contributed by atoms with Crippen molar-refractivity contribution in [2.24, 2.45) is 0 Å². The maximum absolute atomic E-state index is 10.4. The van der Waals surface area contributed by atoms with E-state index in [0.29, 0.717) is 0 Å². The van der Waals surface area contributed by atoms with Crippen molar-refractivity contribution in [2.75, 3.05) is 0 Å². The van der Waals surface area contributed by atoms with Crippen molar-refractivity contribution in [3.05, 3.63) is 72.2 Å². The smallest absolute Gasteiger partial charge is 0.106 e. The van der Waals surface area contributed by atoms with E-state index in [0.717, 1.165) is 22.0 Å². The second-order valence-electron chi connectivity index (χ2n) is 4.11. The van der Waals surface area contributed by atoms with E-state index in [-0.39, 0.29) is 0 Å². The molecule has 0 radical (unpaired) electrons. The van der Waals surface area contributed by atoms with Gasteiger partial charge in [0, 0.05) is 29.5 Å². The first-order chi connectivity index (χ1) is 8.86. The quantitative estimate of drug-likeness (QED) is 0.744. The van der Waals surface area contributed by atoms with E-state index in [4.69, 9.17) is 0 Å². The molecule has 2 heterocycles. The van der Waals surface area contributed by atoms with Gasteiger partial charge >= 0.3 is 0 Å². The third-order valence-corrected chi connectivity index (χ3v) is 2.98. The van der Waals surface area contributed by atoms with Gasteiger partial charge in [0.25, 0.3) is 0 Å². The van der Waals surface area contributed by atoms with E-state index in [1.165, 1.54) is 0 Å². The Morgan fingerprint density at radius 1 is 0.889 bits per heavy atom. The first-order valence-electron chi connectivity index (χ1n) is 5.78. The summed E-state index contributed by atoms with van der Waals surface area (Å²) < 4.78 is 0. The number of aliphatic hydroxyl groups excluding tert-OH is 1. The van der Waals surface area contributed by atoms with Gasteiger partial charge in [0.15, 0.2) is 0 Å². The molecule has 2 aromatic heterocycles. The molecule has 0 aliphatic carbocycles. The van der Waals surface area contributed by atoms with E-state index >= 15 is 0 Å². The summed E-state index contributed by atoms with van der Waals surface area (Å²) >= 11 is 0. The van der Waals surface area contributed by atoms with Gasteiger partial charge in [-0.25, -0.2) is 0 Å². The molecule has 0 saturated carbocycles. The molecule has 0 bridgehead atoms. The lowest BCUT2D eigenvalue weighted by molar-refractivity contribution is 0.221. The van der Waals surface area contributed by atoms with Crippen LogP contribution in [-0.4, -0.2) is 15.1 Å². The Kier molecular flexibility index (Phi) is 2.74. The Labute approximate surface area is 105 Å². The average Bonchev–Trinajstić information content (AvgIpc) is 2.47. The lowest BCUT2D eigenvalue weighted by Gasteiger charge is -2.13. The molecule has 3 heteroatoms. The Morgan fingerprint density at radius 2 is 1.67 bits per heavy atom. The highest BCUT2D eigenvalue weighted by molar-refractivity contribution is 5.82. The Bertz CT molecular complexity index is 662. The van der Waals surface area contributed by atoms with E-state index in [9.17, 15) is 5.11 Å². The van der Waals surface area contributed by atoms with Crippen LogP contribution in [0.25, 0.3) is 10.9 Å². The SMILES string of the molecule is OC(c1ccncc1)c1cccc2cccnc12. The summed E-state index contributed by atoms with van der Waals surface area (Å²) in [5, 5.41) is 11.5. The predicted octanol–water partition coefficient (Wildman–Crippen LogP) is 2.71. The number of nitrogens with zero attached hydrogens (tertiary/aromatic N) is 2. The lowest BCUT2D eigenvalue weighted by Crippen LogP contribution is -2.01. The first kappa shape index (κ1) is 10.9. The number of aromatic nitrogens is 2. The minimum absolute atomic E-state index is 0.674. The second-order valence-corrected chi connectivity index (χ2v) is 4.11. The molecule has 1 aromatic carbocycles. The van der Waals surface area contributed by atoms with Gasteiger partial charge in [-0.15, -0.1) is 0 Å². The molecular weight excluding hydrogens is 224 g/mol. The minimum Gasteiger partial charge on any atom is -0.384 e. The van der Waals surface area contributed by atoms with Crippen LogP contribution in [0.5, 0.6) is 0 Å². The molecule has 0 amide bonds. The van der Waals surface area contributed by atoms with Gasteiger partial charge in [-0.1, -0.05) is 24.3 Å². The number of para-hydroxylation sites is 1. The van der Waals surface area contributed by atoms with E-state index in [2.05, 4.69) is 9.97 Å². The summed E-state index contributed by atoms with van der Waals surface area (Å²) in [6.07, 6.45) is 4.42.